The van der Waals surface area contributed by atoms with E-state index in [1.807, 2.05) is 47.9 Å². The van der Waals surface area contributed by atoms with Gasteiger partial charge >= 0.3 is 0 Å². The molecule has 2 aromatic heterocycles. The van der Waals surface area contributed by atoms with Gasteiger partial charge in [-0.15, -0.1) is 0 Å². The molecule has 0 unspecified atom stereocenters. The molecule has 0 bridgehead atoms. The summed E-state index contributed by atoms with van der Waals surface area (Å²) in [6.45, 7) is 4.79. The summed E-state index contributed by atoms with van der Waals surface area (Å²) in [5.74, 6) is 0.871. The minimum absolute atomic E-state index is 0.644. The molecule has 0 radical (unpaired) electrons. The average Bonchev–Trinajstić information content (AvgIpc) is 2.81. The van der Waals surface area contributed by atoms with Crippen LogP contribution in [0.2, 0.25) is 0 Å². The summed E-state index contributed by atoms with van der Waals surface area (Å²) in [7, 11) is 0. The number of ether oxygens (including phenoxy) is 1. The number of aromatic amines is 1. The molecular formula is C16H17N3OS. The van der Waals surface area contributed by atoms with Gasteiger partial charge in [-0.2, -0.15) is 0 Å². The van der Waals surface area contributed by atoms with Crippen molar-refractivity contribution in [1.29, 1.82) is 0 Å². The monoisotopic (exact) mass is 299 g/mol. The number of nitrogens with one attached hydrogen (secondary N) is 1. The fourth-order valence-electron chi connectivity index (χ4n) is 2.23. The lowest BCUT2D eigenvalue weighted by molar-refractivity contribution is 0.317. The van der Waals surface area contributed by atoms with Crippen molar-refractivity contribution in [3.8, 4) is 11.4 Å². The number of hydrogen-bond donors (Lipinski definition) is 1. The van der Waals surface area contributed by atoms with Crippen LogP contribution >= 0.6 is 12.2 Å². The summed E-state index contributed by atoms with van der Waals surface area (Å²) < 4.78 is 8.20. The zero-order valence-electron chi connectivity index (χ0n) is 12.1. The van der Waals surface area contributed by atoms with E-state index in [0.29, 0.717) is 4.77 Å². The number of imidazole rings is 1. The second-order valence-electron chi connectivity index (χ2n) is 4.93. The van der Waals surface area contributed by atoms with Crippen molar-refractivity contribution >= 4 is 23.4 Å². The van der Waals surface area contributed by atoms with Crippen molar-refractivity contribution in [2.24, 2.45) is 0 Å². The van der Waals surface area contributed by atoms with Crippen LogP contribution in [0.3, 0.4) is 0 Å². The zero-order chi connectivity index (χ0) is 14.8. The lowest BCUT2D eigenvalue weighted by atomic mass is 10.3. The Labute approximate surface area is 128 Å². The summed E-state index contributed by atoms with van der Waals surface area (Å²) >= 11 is 5.42. The van der Waals surface area contributed by atoms with Crippen molar-refractivity contribution in [3.05, 3.63) is 46.9 Å². The van der Waals surface area contributed by atoms with E-state index in [-0.39, 0.29) is 0 Å². The molecular weight excluding hydrogens is 282 g/mol. The van der Waals surface area contributed by atoms with Crippen molar-refractivity contribution in [2.75, 3.05) is 6.61 Å². The Balaban J connectivity index is 2.05. The lowest BCUT2D eigenvalue weighted by Crippen LogP contribution is -1.98. The number of benzene rings is 1. The molecule has 0 atom stereocenters. The second-order valence-corrected chi connectivity index (χ2v) is 5.32. The zero-order valence-corrected chi connectivity index (χ0v) is 12.9. The molecule has 1 N–H and O–H groups in total. The third-order valence-electron chi connectivity index (χ3n) is 3.24. The molecule has 0 saturated carbocycles. The van der Waals surface area contributed by atoms with Gasteiger partial charge in [-0.3, -0.25) is 4.57 Å². The van der Waals surface area contributed by atoms with Crippen LogP contribution in [-0.4, -0.2) is 21.1 Å². The van der Waals surface area contributed by atoms with Crippen LogP contribution in [-0.2, 0) is 0 Å². The number of fused-ring (bicyclic) bond motifs is 1. The van der Waals surface area contributed by atoms with Crippen LogP contribution in [0.1, 0.15) is 19.0 Å². The first-order chi connectivity index (χ1) is 10.2. The Hall–Kier alpha value is -2.14. The highest BCUT2D eigenvalue weighted by molar-refractivity contribution is 7.71. The lowest BCUT2D eigenvalue weighted by Gasteiger charge is -2.07. The Morgan fingerprint density at radius 2 is 1.95 bits per heavy atom. The Kier molecular flexibility index (Phi) is 3.75. The summed E-state index contributed by atoms with van der Waals surface area (Å²) in [6.07, 6.45) is 0.998. The first kappa shape index (κ1) is 13.8. The molecule has 0 aliphatic heterocycles. The van der Waals surface area contributed by atoms with Crippen LogP contribution in [0.15, 0.2) is 36.4 Å². The number of H-pyrrole nitrogens is 1. The predicted octanol–water partition coefficient (Wildman–Crippen LogP) is 4.18. The predicted molar refractivity (Wildman–Crippen MR) is 86.8 cm³/mol. The summed E-state index contributed by atoms with van der Waals surface area (Å²) in [5.41, 5.74) is 3.74. The molecule has 3 rings (SSSR count). The highest BCUT2D eigenvalue weighted by Crippen LogP contribution is 2.21. The van der Waals surface area contributed by atoms with E-state index >= 15 is 0 Å². The van der Waals surface area contributed by atoms with Crippen LogP contribution < -0.4 is 4.74 Å². The van der Waals surface area contributed by atoms with Gasteiger partial charge in [-0.1, -0.05) is 6.92 Å². The molecule has 0 amide bonds. The van der Waals surface area contributed by atoms with Crippen LogP contribution in [0, 0.1) is 11.7 Å². The molecule has 5 heteroatoms. The minimum atomic E-state index is 0.644. The van der Waals surface area contributed by atoms with Gasteiger partial charge in [0.05, 0.1) is 17.8 Å². The summed E-state index contributed by atoms with van der Waals surface area (Å²) in [6, 6.07) is 11.9. The quantitative estimate of drug-likeness (QED) is 0.735. The topological polar surface area (TPSA) is 42.8 Å². The van der Waals surface area contributed by atoms with E-state index in [4.69, 9.17) is 17.0 Å². The number of pyridine rings is 1. The molecule has 4 nitrogen and oxygen atoms in total. The normalized spacial score (nSPS) is 11.0. The number of aromatic nitrogens is 3. The number of rotatable bonds is 4. The molecule has 0 aliphatic carbocycles. The van der Waals surface area contributed by atoms with E-state index in [0.717, 1.165) is 41.3 Å². The highest BCUT2D eigenvalue weighted by atomic mass is 32.1. The fraction of sp³-hybridized carbons (Fsp3) is 0.250. The van der Waals surface area contributed by atoms with Crippen LogP contribution in [0.5, 0.6) is 5.75 Å². The molecule has 0 fully saturated rings. The third kappa shape index (κ3) is 2.69. The number of aryl methyl sites for hydroxylation is 1. The highest BCUT2D eigenvalue weighted by Gasteiger charge is 2.08. The smallest absolute Gasteiger partial charge is 0.183 e. The van der Waals surface area contributed by atoms with Gasteiger partial charge < -0.3 is 9.72 Å². The Morgan fingerprint density at radius 3 is 2.67 bits per heavy atom. The number of nitrogens with zero attached hydrogens (tertiary/aromatic N) is 2. The molecule has 0 saturated heterocycles. The largest absolute Gasteiger partial charge is 0.494 e. The first-order valence-corrected chi connectivity index (χ1v) is 7.41. The first-order valence-electron chi connectivity index (χ1n) is 7.00. The number of hydrogen-bond acceptors (Lipinski definition) is 3. The molecule has 0 aliphatic rings. The standard InChI is InChI=1S/C16H17N3OS/c1-3-10-20-13-7-5-12(6-8-13)19-15-14(18-16(19)21)9-4-11(2)17-15/h4-9H,3,10H2,1-2H3,(H,18,21). The summed E-state index contributed by atoms with van der Waals surface area (Å²) in [4.78, 5) is 7.76. The van der Waals surface area contributed by atoms with Crippen LogP contribution in [0.4, 0.5) is 0 Å². The summed E-state index contributed by atoms with van der Waals surface area (Å²) in [5, 5.41) is 0. The van der Waals surface area contributed by atoms with Crippen molar-refractivity contribution < 1.29 is 4.74 Å². The van der Waals surface area contributed by atoms with E-state index < -0.39 is 0 Å². The van der Waals surface area contributed by atoms with Gasteiger partial charge in [0.25, 0.3) is 0 Å². The Bertz CT molecular complexity index is 818. The van der Waals surface area contributed by atoms with Gasteiger partial charge in [0, 0.05) is 5.69 Å². The molecule has 108 valence electrons. The van der Waals surface area contributed by atoms with E-state index in [2.05, 4.69) is 16.9 Å². The Morgan fingerprint density at radius 1 is 1.19 bits per heavy atom. The van der Waals surface area contributed by atoms with E-state index in [9.17, 15) is 0 Å². The van der Waals surface area contributed by atoms with Gasteiger partial charge in [-0.25, -0.2) is 4.98 Å². The molecule has 21 heavy (non-hydrogen) atoms. The molecule has 3 aromatic rings. The maximum atomic E-state index is 5.61. The maximum Gasteiger partial charge on any atom is 0.183 e. The molecule has 1 aromatic carbocycles. The fourth-order valence-corrected chi connectivity index (χ4v) is 2.53. The minimum Gasteiger partial charge on any atom is -0.494 e. The van der Waals surface area contributed by atoms with Crippen molar-refractivity contribution in [2.45, 2.75) is 20.3 Å². The molecule has 2 heterocycles. The van der Waals surface area contributed by atoms with Gasteiger partial charge in [0.15, 0.2) is 10.4 Å². The van der Waals surface area contributed by atoms with Crippen LogP contribution in [0.25, 0.3) is 16.9 Å². The van der Waals surface area contributed by atoms with Crippen molar-refractivity contribution in [1.82, 2.24) is 14.5 Å². The average molecular weight is 299 g/mol. The molecule has 0 spiro atoms. The third-order valence-corrected chi connectivity index (χ3v) is 3.52. The van der Waals surface area contributed by atoms with Crippen molar-refractivity contribution in [3.63, 3.8) is 0 Å². The SMILES string of the molecule is CCCOc1ccc(-n2c(=S)[nH]c3ccc(C)nc32)cc1. The van der Waals surface area contributed by atoms with Gasteiger partial charge in [0.2, 0.25) is 0 Å². The second kappa shape index (κ2) is 5.69. The maximum absolute atomic E-state index is 5.61. The van der Waals surface area contributed by atoms with Gasteiger partial charge in [0.1, 0.15) is 5.75 Å². The van der Waals surface area contributed by atoms with E-state index in [1.165, 1.54) is 0 Å². The van der Waals surface area contributed by atoms with E-state index in [1.54, 1.807) is 0 Å². The van der Waals surface area contributed by atoms with Gasteiger partial charge in [-0.05, 0) is 62.0 Å².